The molecule has 0 aromatic heterocycles. The predicted molar refractivity (Wildman–Crippen MR) is 79.5 cm³/mol. The van der Waals surface area contributed by atoms with Crippen molar-refractivity contribution in [2.75, 3.05) is 7.05 Å². The molecule has 2 rings (SSSR count). The Morgan fingerprint density at radius 2 is 1.74 bits per heavy atom. The summed E-state index contributed by atoms with van der Waals surface area (Å²) < 4.78 is 0. The summed E-state index contributed by atoms with van der Waals surface area (Å²) in [5.41, 5.74) is 3.10. The Labute approximate surface area is 116 Å². The van der Waals surface area contributed by atoms with Crippen LogP contribution in [0, 0.1) is 13.8 Å². The van der Waals surface area contributed by atoms with Crippen molar-refractivity contribution in [2.24, 2.45) is 0 Å². The zero-order valence-corrected chi connectivity index (χ0v) is 12.4. The van der Waals surface area contributed by atoms with Crippen LogP contribution in [0.1, 0.15) is 60.0 Å². The molecule has 0 bridgehead atoms. The molecule has 1 aliphatic carbocycles. The minimum Gasteiger partial charge on any atom is -0.339 e. The maximum absolute atomic E-state index is 12.7. The van der Waals surface area contributed by atoms with Crippen LogP contribution < -0.4 is 0 Å². The zero-order chi connectivity index (χ0) is 13.8. The average Bonchev–Trinajstić information content (AvgIpc) is 2.69. The van der Waals surface area contributed by atoms with Crippen molar-refractivity contribution in [1.82, 2.24) is 4.90 Å². The van der Waals surface area contributed by atoms with E-state index in [0.717, 1.165) is 29.5 Å². The lowest BCUT2D eigenvalue weighted by molar-refractivity contribution is 0.0717. The van der Waals surface area contributed by atoms with Gasteiger partial charge in [-0.05, 0) is 38.3 Å². The van der Waals surface area contributed by atoms with Gasteiger partial charge in [-0.15, -0.1) is 0 Å². The van der Waals surface area contributed by atoms with Gasteiger partial charge in [0.25, 0.3) is 5.91 Å². The van der Waals surface area contributed by atoms with Gasteiger partial charge in [0.05, 0.1) is 0 Å². The highest BCUT2D eigenvalue weighted by molar-refractivity contribution is 5.95. The summed E-state index contributed by atoms with van der Waals surface area (Å²) in [5, 5.41) is 0. The summed E-state index contributed by atoms with van der Waals surface area (Å²) in [6, 6.07) is 6.56. The summed E-state index contributed by atoms with van der Waals surface area (Å²) in [5.74, 6) is 0.188. The molecular formula is C17H25NO. The van der Waals surface area contributed by atoms with Crippen molar-refractivity contribution in [3.8, 4) is 0 Å². The Balaban J connectivity index is 2.15. The second-order valence-electron chi connectivity index (χ2n) is 5.88. The van der Waals surface area contributed by atoms with E-state index in [1.807, 2.05) is 37.9 Å². The maximum atomic E-state index is 12.7. The lowest BCUT2D eigenvalue weighted by Gasteiger charge is -2.28. The lowest BCUT2D eigenvalue weighted by Crippen LogP contribution is -2.37. The van der Waals surface area contributed by atoms with Crippen LogP contribution in [0.25, 0.3) is 0 Å². The maximum Gasteiger partial charge on any atom is 0.254 e. The number of aryl methyl sites for hydroxylation is 2. The number of hydrogen-bond acceptors (Lipinski definition) is 1. The number of nitrogens with zero attached hydrogens (tertiary/aromatic N) is 1. The molecular weight excluding hydrogens is 234 g/mol. The fourth-order valence-corrected chi connectivity index (χ4v) is 2.97. The lowest BCUT2D eigenvalue weighted by atomic mass is 10.0. The molecule has 2 nitrogen and oxygen atoms in total. The van der Waals surface area contributed by atoms with Crippen molar-refractivity contribution < 1.29 is 4.79 Å². The van der Waals surface area contributed by atoms with Gasteiger partial charge in [-0.1, -0.05) is 43.4 Å². The Morgan fingerprint density at radius 1 is 1.11 bits per heavy atom. The number of hydrogen-bond donors (Lipinski definition) is 0. The van der Waals surface area contributed by atoms with Crippen LogP contribution in [-0.2, 0) is 0 Å². The Hall–Kier alpha value is -1.31. The molecule has 0 spiro atoms. The first-order valence-corrected chi connectivity index (χ1v) is 7.44. The Bertz CT molecular complexity index is 445. The first kappa shape index (κ1) is 14.1. The highest BCUT2D eigenvalue weighted by Crippen LogP contribution is 2.23. The van der Waals surface area contributed by atoms with Gasteiger partial charge >= 0.3 is 0 Å². The summed E-state index contributed by atoms with van der Waals surface area (Å²) in [6.45, 7) is 4.06. The number of carbonyl (C=O) groups excluding carboxylic acids is 1. The zero-order valence-electron chi connectivity index (χ0n) is 12.4. The first-order chi connectivity index (χ1) is 9.09. The van der Waals surface area contributed by atoms with E-state index in [0.29, 0.717) is 6.04 Å². The topological polar surface area (TPSA) is 20.3 Å². The molecule has 0 saturated heterocycles. The largest absolute Gasteiger partial charge is 0.339 e. The van der Waals surface area contributed by atoms with Crippen molar-refractivity contribution in [1.29, 1.82) is 0 Å². The summed E-state index contributed by atoms with van der Waals surface area (Å²) in [7, 11) is 1.97. The van der Waals surface area contributed by atoms with Crippen LogP contribution in [0.3, 0.4) is 0 Å². The van der Waals surface area contributed by atoms with Crippen LogP contribution in [0.4, 0.5) is 0 Å². The normalized spacial score (nSPS) is 17.0. The van der Waals surface area contributed by atoms with Crippen molar-refractivity contribution in [3.05, 3.63) is 34.9 Å². The number of benzene rings is 1. The molecule has 104 valence electrons. The van der Waals surface area contributed by atoms with E-state index in [2.05, 4.69) is 6.07 Å². The van der Waals surface area contributed by atoms with E-state index in [1.165, 1.54) is 25.7 Å². The molecule has 0 N–H and O–H groups in total. The Morgan fingerprint density at radius 3 is 2.37 bits per heavy atom. The van der Waals surface area contributed by atoms with Crippen molar-refractivity contribution in [2.45, 2.75) is 58.4 Å². The molecule has 0 heterocycles. The molecule has 0 unspecified atom stereocenters. The number of rotatable bonds is 2. The molecule has 0 atom stereocenters. The van der Waals surface area contributed by atoms with Gasteiger partial charge in [-0.3, -0.25) is 4.79 Å². The van der Waals surface area contributed by atoms with Crippen LogP contribution in [0.2, 0.25) is 0 Å². The second kappa shape index (κ2) is 6.23. The van der Waals surface area contributed by atoms with Crippen molar-refractivity contribution in [3.63, 3.8) is 0 Å². The van der Waals surface area contributed by atoms with E-state index in [1.54, 1.807) is 0 Å². The monoisotopic (exact) mass is 259 g/mol. The number of carbonyl (C=O) groups is 1. The van der Waals surface area contributed by atoms with Gasteiger partial charge < -0.3 is 4.90 Å². The van der Waals surface area contributed by atoms with Crippen LogP contribution in [0.5, 0.6) is 0 Å². The minimum absolute atomic E-state index is 0.188. The SMILES string of the molecule is Cc1ccc(C)c(C(=O)N(C)C2CCCCCC2)c1. The van der Waals surface area contributed by atoms with E-state index in [9.17, 15) is 4.79 Å². The third kappa shape index (κ3) is 3.37. The molecule has 1 amide bonds. The van der Waals surface area contributed by atoms with E-state index in [4.69, 9.17) is 0 Å². The third-order valence-electron chi connectivity index (χ3n) is 4.32. The van der Waals surface area contributed by atoms with Gasteiger partial charge in [-0.25, -0.2) is 0 Å². The predicted octanol–water partition coefficient (Wildman–Crippen LogP) is 4.10. The number of amides is 1. The van der Waals surface area contributed by atoms with Crippen LogP contribution in [0.15, 0.2) is 18.2 Å². The fraction of sp³-hybridized carbons (Fsp3) is 0.588. The first-order valence-electron chi connectivity index (χ1n) is 7.44. The van der Waals surface area contributed by atoms with Crippen LogP contribution in [-0.4, -0.2) is 23.9 Å². The summed E-state index contributed by atoms with van der Waals surface area (Å²) >= 11 is 0. The molecule has 1 saturated carbocycles. The second-order valence-corrected chi connectivity index (χ2v) is 5.88. The molecule has 1 aromatic carbocycles. The third-order valence-corrected chi connectivity index (χ3v) is 4.32. The Kier molecular flexibility index (Phi) is 4.62. The van der Waals surface area contributed by atoms with Crippen LogP contribution >= 0.6 is 0 Å². The smallest absolute Gasteiger partial charge is 0.254 e. The van der Waals surface area contributed by atoms with Gasteiger partial charge in [0.15, 0.2) is 0 Å². The minimum atomic E-state index is 0.188. The molecule has 1 aromatic rings. The molecule has 0 aliphatic heterocycles. The van der Waals surface area contributed by atoms with Gasteiger partial charge in [0.1, 0.15) is 0 Å². The van der Waals surface area contributed by atoms with Gasteiger partial charge in [-0.2, -0.15) is 0 Å². The van der Waals surface area contributed by atoms with Gasteiger partial charge in [0, 0.05) is 18.7 Å². The van der Waals surface area contributed by atoms with Gasteiger partial charge in [0.2, 0.25) is 0 Å². The summed E-state index contributed by atoms with van der Waals surface area (Å²) in [6.07, 6.45) is 7.48. The van der Waals surface area contributed by atoms with E-state index >= 15 is 0 Å². The molecule has 1 aliphatic rings. The molecule has 0 radical (unpaired) electrons. The highest BCUT2D eigenvalue weighted by atomic mass is 16.2. The van der Waals surface area contributed by atoms with Crippen molar-refractivity contribution >= 4 is 5.91 Å². The average molecular weight is 259 g/mol. The quantitative estimate of drug-likeness (QED) is 0.732. The molecule has 2 heteroatoms. The standard InChI is InChI=1S/C17H25NO/c1-13-10-11-14(2)16(12-13)17(19)18(3)15-8-6-4-5-7-9-15/h10-12,15H,4-9H2,1-3H3. The highest BCUT2D eigenvalue weighted by Gasteiger charge is 2.23. The molecule has 19 heavy (non-hydrogen) atoms. The molecule has 1 fully saturated rings. The fourth-order valence-electron chi connectivity index (χ4n) is 2.97. The van der Waals surface area contributed by atoms with E-state index in [-0.39, 0.29) is 5.91 Å². The summed E-state index contributed by atoms with van der Waals surface area (Å²) in [4.78, 5) is 14.6. The van der Waals surface area contributed by atoms with E-state index < -0.39 is 0 Å².